The van der Waals surface area contributed by atoms with Gasteiger partial charge in [-0.2, -0.15) is 9.61 Å². The molecule has 3 aromatic heterocycles. The van der Waals surface area contributed by atoms with Crippen molar-refractivity contribution < 1.29 is 8.42 Å². The molecular weight excluding hydrogens is 330 g/mol. The van der Waals surface area contributed by atoms with Gasteiger partial charge in [0.2, 0.25) is 15.0 Å². The summed E-state index contributed by atoms with van der Waals surface area (Å²) in [6.07, 6.45) is 2.25. The minimum Gasteiger partial charge on any atom is -0.206 e. The van der Waals surface area contributed by atoms with Crippen molar-refractivity contribution in [3.63, 3.8) is 0 Å². The van der Waals surface area contributed by atoms with E-state index in [4.69, 9.17) is 0 Å². The van der Waals surface area contributed by atoms with Gasteiger partial charge >= 0.3 is 0 Å². The maximum atomic E-state index is 12.0. The molecule has 0 amide bonds. The van der Waals surface area contributed by atoms with Gasteiger partial charge in [0.1, 0.15) is 9.22 Å². The number of nitrogens with one attached hydrogen (secondary N) is 1. The van der Waals surface area contributed by atoms with Crippen LogP contribution in [0.2, 0.25) is 0 Å². The average Bonchev–Trinajstić information content (AvgIpc) is 2.92. The number of fused-ring (bicyclic) bond motifs is 1. The maximum Gasteiger partial charge on any atom is 0.250 e. The highest BCUT2D eigenvalue weighted by molar-refractivity contribution is 7.91. The second kappa shape index (κ2) is 4.83. The van der Waals surface area contributed by atoms with Gasteiger partial charge in [0, 0.05) is 5.92 Å². The zero-order valence-corrected chi connectivity index (χ0v) is 13.2. The third-order valence-electron chi connectivity index (χ3n) is 3.17. The van der Waals surface area contributed by atoms with Crippen molar-refractivity contribution in [2.75, 3.05) is 0 Å². The summed E-state index contributed by atoms with van der Waals surface area (Å²) in [7, 11) is -3.46. The van der Waals surface area contributed by atoms with Crippen LogP contribution in [0.3, 0.4) is 0 Å². The van der Waals surface area contributed by atoms with E-state index < -0.39 is 10.0 Å². The summed E-state index contributed by atoms with van der Waals surface area (Å²) in [5.41, 5.74) is 0. The van der Waals surface area contributed by atoms with Crippen LogP contribution < -0.4 is 4.72 Å². The molecule has 0 aromatic carbocycles. The monoisotopic (exact) mass is 341 g/mol. The van der Waals surface area contributed by atoms with Crippen LogP contribution in [0.5, 0.6) is 0 Å². The molecule has 1 saturated carbocycles. The van der Waals surface area contributed by atoms with Gasteiger partial charge in [-0.1, -0.05) is 17.4 Å². The average molecular weight is 341 g/mol. The number of nitrogens with zero attached hydrogens (tertiary/aromatic N) is 4. The molecule has 0 atom stereocenters. The van der Waals surface area contributed by atoms with Gasteiger partial charge in [0.05, 0.1) is 6.54 Å². The number of thiophene rings is 1. The van der Waals surface area contributed by atoms with Crippen molar-refractivity contribution in [1.82, 2.24) is 24.5 Å². The van der Waals surface area contributed by atoms with Crippen molar-refractivity contribution in [2.45, 2.75) is 29.5 Å². The third kappa shape index (κ3) is 2.48. The van der Waals surface area contributed by atoms with E-state index >= 15 is 0 Å². The van der Waals surface area contributed by atoms with E-state index in [0.717, 1.165) is 18.7 Å². The Bertz CT molecular complexity index is 876. The highest BCUT2D eigenvalue weighted by atomic mass is 32.2. The highest BCUT2D eigenvalue weighted by Crippen LogP contribution is 2.39. The molecule has 1 N–H and O–H groups in total. The lowest BCUT2D eigenvalue weighted by atomic mass is 10.4. The molecule has 1 aliphatic carbocycles. The molecule has 21 heavy (non-hydrogen) atoms. The minimum atomic E-state index is -3.46. The first-order valence-corrected chi connectivity index (χ1v) is 9.55. The molecule has 0 unspecified atom stereocenters. The summed E-state index contributed by atoms with van der Waals surface area (Å²) in [6, 6.07) is 3.29. The smallest absolute Gasteiger partial charge is 0.206 e. The number of rotatable bonds is 5. The van der Waals surface area contributed by atoms with Gasteiger partial charge in [-0.25, -0.2) is 13.1 Å². The lowest BCUT2D eigenvalue weighted by Crippen LogP contribution is -2.22. The number of hydrogen-bond acceptors (Lipinski definition) is 7. The molecule has 3 aromatic rings. The Morgan fingerprint density at radius 2 is 2.24 bits per heavy atom. The summed E-state index contributed by atoms with van der Waals surface area (Å²) in [5, 5.41) is 15.0. The Morgan fingerprint density at radius 3 is 2.95 bits per heavy atom. The van der Waals surface area contributed by atoms with Gasteiger partial charge in [0.25, 0.3) is 0 Å². The van der Waals surface area contributed by atoms with Crippen molar-refractivity contribution in [1.29, 1.82) is 0 Å². The van der Waals surface area contributed by atoms with Gasteiger partial charge in [-0.3, -0.25) is 0 Å². The van der Waals surface area contributed by atoms with E-state index in [0.29, 0.717) is 20.1 Å². The van der Waals surface area contributed by atoms with Crippen LogP contribution in [0.1, 0.15) is 29.6 Å². The summed E-state index contributed by atoms with van der Waals surface area (Å²) in [5.74, 6) is 1.34. The zero-order valence-electron chi connectivity index (χ0n) is 10.8. The largest absolute Gasteiger partial charge is 0.250 e. The molecule has 1 aliphatic rings. The molecule has 4 rings (SSSR count). The van der Waals surface area contributed by atoms with Crippen molar-refractivity contribution in [2.24, 2.45) is 0 Å². The van der Waals surface area contributed by atoms with E-state index in [1.54, 1.807) is 22.0 Å². The molecule has 3 heterocycles. The molecule has 0 aliphatic heterocycles. The highest BCUT2D eigenvalue weighted by Gasteiger charge is 2.30. The van der Waals surface area contributed by atoms with Crippen LogP contribution in [0.25, 0.3) is 4.96 Å². The molecule has 0 saturated heterocycles. The quantitative estimate of drug-likeness (QED) is 0.761. The van der Waals surface area contributed by atoms with Crippen LogP contribution in [0.15, 0.2) is 21.7 Å². The Hall–Kier alpha value is -1.36. The molecule has 110 valence electrons. The van der Waals surface area contributed by atoms with Crippen LogP contribution in [0.4, 0.5) is 0 Å². The Morgan fingerprint density at radius 1 is 1.38 bits per heavy atom. The molecular formula is C11H11N5O2S3. The second-order valence-electron chi connectivity index (χ2n) is 4.78. The fourth-order valence-electron chi connectivity index (χ4n) is 1.98. The van der Waals surface area contributed by atoms with Crippen molar-refractivity contribution >= 4 is 37.7 Å². The fraction of sp³-hybridized carbons (Fsp3) is 0.364. The van der Waals surface area contributed by atoms with Crippen LogP contribution >= 0.6 is 22.7 Å². The fourth-order valence-corrected chi connectivity index (χ4v) is 4.88. The standard InChI is InChI=1S/C11H11N5O2S3/c17-21(18,9-2-1-5-19-9)12-6-8-15-16-10(7-3-4-7)13-14-11(16)20-8/h1-2,5,7,12H,3-4,6H2. The first kappa shape index (κ1) is 13.3. The van der Waals surface area contributed by atoms with E-state index in [9.17, 15) is 8.42 Å². The number of hydrogen-bond donors (Lipinski definition) is 1. The summed E-state index contributed by atoms with van der Waals surface area (Å²) in [4.78, 5) is 0.710. The predicted octanol–water partition coefficient (Wildman–Crippen LogP) is 1.60. The second-order valence-corrected chi connectivity index (χ2v) is 8.76. The van der Waals surface area contributed by atoms with Gasteiger partial charge in [0.15, 0.2) is 5.82 Å². The van der Waals surface area contributed by atoms with Gasteiger partial charge < -0.3 is 0 Å². The van der Waals surface area contributed by atoms with E-state index in [1.165, 1.54) is 22.7 Å². The molecule has 0 spiro atoms. The molecule has 10 heteroatoms. The van der Waals surface area contributed by atoms with Crippen LogP contribution in [-0.2, 0) is 16.6 Å². The Labute approximate surface area is 128 Å². The van der Waals surface area contributed by atoms with E-state index in [1.807, 2.05) is 0 Å². The SMILES string of the molecule is O=S(=O)(NCc1nn2c(C3CC3)nnc2s1)c1cccs1. The Kier molecular flexibility index (Phi) is 3.06. The van der Waals surface area contributed by atoms with Crippen LogP contribution in [-0.4, -0.2) is 28.2 Å². The van der Waals surface area contributed by atoms with Gasteiger partial charge in [-0.05, 0) is 24.3 Å². The zero-order chi connectivity index (χ0) is 14.4. The predicted molar refractivity (Wildman–Crippen MR) is 79.0 cm³/mol. The molecule has 1 fully saturated rings. The first-order chi connectivity index (χ1) is 10.1. The van der Waals surface area contributed by atoms with Gasteiger partial charge in [-0.15, -0.1) is 21.5 Å². The van der Waals surface area contributed by atoms with Crippen molar-refractivity contribution in [3.05, 3.63) is 28.3 Å². The lowest BCUT2D eigenvalue weighted by molar-refractivity contribution is 0.582. The molecule has 0 bridgehead atoms. The maximum absolute atomic E-state index is 12.0. The summed E-state index contributed by atoms with van der Waals surface area (Å²) in [6.45, 7) is 0.165. The molecule has 0 radical (unpaired) electrons. The number of aromatic nitrogens is 4. The normalized spacial score (nSPS) is 15.8. The molecule has 7 nitrogen and oxygen atoms in total. The van der Waals surface area contributed by atoms with E-state index in [-0.39, 0.29) is 6.54 Å². The van der Waals surface area contributed by atoms with Crippen molar-refractivity contribution in [3.8, 4) is 0 Å². The third-order valence-corrected chi connectivity index (χ3v) is 6.87. The summed E-state index contributed by atoms with van der Waals surface area (Å²) >= 11 is 2.55. The topological polar surface area (TPSA) is 89.2 Å². The first-order valence-electron chi connectivity index (χ1n) is 6.38. The Balaban J connectivity index is 1.55. The minimum absolute atomic E-state index is 0.165. The number of sulfonamides is 1. The van der Waals surface area contributed by atoms with E-state index in [2.05, 4.69) is 20.0 Å². The lowest BCUT2D eigenvalue weighted by Gasteiger charge is -2.01. The summed E-state index contributed by atoms with van der Waals surface area (Å²) < 4.78 is 28.7. The van der Waals surface area contributed by atoms with Crippen LogP contribution in [0, 0.1) is 0 Å².